The third-order valence-electron chi connectivity index (χ3n) is 2.36. The molecule has 0 aliphatic rings. The van der Waals surface area contributed by atoms with Crippen LogP contribution in [0.3, 0.4) is 0 Å². The number of aliphatic imine (C=N–C) groups is 2. The number of nitrogens with two attached hydrogens (primary N) is 2. The molecular formula is C14H18ClN5O2. The van der Waals surface area contributed by atoms with E-state index in [2.05, 4.69) is 21.9 Å². The van der Waals surface area contributed by atoms with Gasteiger partial charge in [0.15, 0.2) is 6.61 Å². The number of halogens is 1. The molecule has 118 valence electrons. The van der Waals surface area contributed by atoms with Gasteiger partial charge in [-0.3, -0.25) is 4.79 Å². The van der Waals surface area contributed by atoms with Crippen LogP contribution in [0.1, 0.15) is 12.5 Å². The Morgan fingerprint density at radius 3 is 2.68 bits per heavy atom. The molecule has 0 aliphatic carbocycles. The summed E-state index contributed by atoms with van der Waals surface area (Å²) >= 11 is 5.84. The summed E-state index contributed by atoms with van der Waals surface area (Å²) in [6, 6.07) is 5.13. The van der Waals surface area contributed by atoms with Crippen LogP contribution in [-0.4, -0.2) is 24.3 Å². The molecule has 0 aliphatic heterocycles. The number of nitrogens with one attached hydrogen (secondary N) is 1. The first-order chi connectivity index (χ1) is 10.3. The molecule has 0 fully saturated rings. The van der Waals surface area contributed by atoms with Crippen molar-refractivity contribution in [1.29, 1.82) is 0 Å². The maximum absolute atomic E-state index is 11.7. The second kappa shape index (κ2) is 8.04. The van der Waals surface area contributed by atoms with E-state index >= 15 is 0 Å². The van der Waals surface area contributed by atoms with Gasteiger partial charge in [0, 0.05) is 5.02 Å². The molecule has 0 heterocycles. The van der Waals surface area contributed by atoms with Gasteiger partial charge in [0.1, 0.15) is 17.4 Å². The molecule has 1 amide bonds. The third kappa shape index (κ3) is 6.27. The average molecular weight is 324 g/mol. The van der Waals surface area contributed by atoms with Gasteiger partial charge in [0.2, 0.25) is 5.96 Å². The van der Waals surface area contributed by atoms with Gasteiger partial charge in [-0.25, -0.2) is 4.99 Å². The number of hydrogen-bond acceptors (Lipinski definition) is 4. The van der Waals surface area contributed by atoms with Crippen LogP contribution in [0.25, 0.3) is 0 Å². The minimum atomic E-state index is -0.380. The monoisotopic (exact) mass is 323 g/mol. The molecule has 1 aromatic rings. The summed E-state index contributed by atoms with van der Waals surface area (Å²) in [5.41, 5.74) is 11.6. The van der Waals surface area contributed by atoms with Crippen molar-refractivity contribution in [3.05, 3.63) is 41.2 Å². The number of aryl methyl sites for hydroxylation is 1. The highest BCUT2D eigenvalue weighted by atomic mass is 35.5. The third-order valence-corrected chi connectivity index (χ3v) is 2.59. The molecule has 8 heteroatoms. The van der Waals surface area contributed by atoms with Crippen molar-refractivity contribution in [2.75, 3.05) is 6.61 Å². The number of benzene rings is 1. The Kier molecular flexibility index (Phi) is 6.40. The van der Waals surface area contributed by atoms with Gasteiger partial charge >= 0.3 is 0 Å². The van der Waals surface area contributed by atoms with E-state index in [4.69, 9.17) is 27.8 Å². The van der Waals surface area contributed by atoms with Crippen molar-refractivity contribution >= 4 is 29.3 Å². The highest BCUT2D eigenvalue weighted by Gasteiger charge is 2.06. The lowest BCUT2D eigenvalue weighted by molar-refractivity contribution is -0.121. The number of hydrogen-bond donors (Lipinski definition) is 3. The van der Waals surface area contributed by atoms with Crippen molar-refractivity contribution in [2.45, 2.75) is 13.8 Å². The molecule has 0 atom stereocenters. The Bertz CT molecular complexity index is 640. The maximum Gasteiger partial charge on any atom is 0.263 e. The first-order valence-electron chi connectivity index (χ1n) is 6.30. The van der Waals surface area contributed by atoms with Crippen LogP contribution in [0.4, 0.5) is 0 Å². The Hall–Kier alpha value is -2.54. The fraction of sp³-hybridized carbons (Fsp3) is 0.214. The molecule has 0 saturated carbocycles. The summed E-state index contributed by atoms with van der Waals surface area (Å²) in [5, 5.41) is 3.12. The first kappa shape index (κ1) is 17.5. The van der Waals surface area contributed by atoms with Gasteiger partial charge in [-0.05, 0) is 37.6 Å². The smallest absolute Gasteiger partial charge is 0.263 e. The second-order valence-corrected chi connectivity index (χ2v) is 4.84. The van der Waals surface area contributed by atoms with Crippen LogP contribution in [0.15, 0.2) is 40.6 Å². The molecule has 7 nitrogen and oxygen atoms in total. The van der Waals surface area contributed by atoms with Gasteiger partial charge in [-0.1, -0.05) is 18.2 Å². The van der Waals surface area contributed by atoms with Crippen molar-refractivity contribution in [1.82, 2.24) is 5.32 Å². The van der Waals surface area contributed by atoms with E-state index in [9.17, 15) is 4.79 Å². The topological polar surface area (TPSA) is 115 Å². The lowest BCUT2D eigenvalue weighted by atomic mass is 10.2. The minimum absolute atomic E-state index is 0.0296. The lowest BCUT2D eigenvalue weighted by Gasteiger charge is -2.09. The summed E-state index contributed by atoms with van der Waals surface area (Å²) in [6.45, 7) is 6.59. The largest absolute Gasteiger partial charge is 0.483 e. The zero-order valence-corrected chi connectivity index (χ0v) is 13.1. The maximum atomic E-state index is 11.7. The molecule has 0 bridgehead atoms. The van der Waals surface area contributed by atoms with Crippen LogP contribution in [0, 0.1) is 6.92 Å². The van der Waals surface area contributed by atoms with Gasteiger partial charge in [-0.15, -0.1) is 0 Å². The van der Waals surface area contributed by atoms with Crippen molar-refractivity contribution in [2.24, 2.45) is 21.5 Å². The standard InChI is InChI=1S/C14H18ClN5O2/c1-8-6-11(15)4-5-12(8)22-7-13(21)19-10(3)20-14(17)18-9(2)16/h4-6H,2,7,16H2,1,3H3,(H3,17,18,19,20,21). The molecule has 5 N–H and O–H groups in total. The van der Waals surface area contributed by atoms with Gasteiger partial charge in [0.25, 0.3) is 5.91 Å². The Morgan fingerprint density at radius 2 is 2.09 bits per heavy atom. The molecule has 1 rings (SSSR count). The summed E-state index contributed by atoms with van der Waals surface area (Å²) in [4.78, 5) is 19.2. The molecule has 22 heavy (non-hydrogen) atoms. The zero-order chi connectivity index (χ0) is 16.7. The summed E-state index contributed by atoms with van der Waals surface area (Å²) < 4.78 is 5.40. The van der Waals surface area contributed by atoms with Crippen molar-refractivity contribution in [3.8, 4) is 5.75 Å². The molecular weight excluding hydrogens is 306 g/mol. The highest BCUT2D eigenvalue weighted by molar-refractivity contribution is 6.30. The van der Waals surface area contributed by atoms with E-state index in [0.717, 1.165) is 5.56 Å². The predicted molar refractivity (Wildman–Crippen MR) is 87.9 cm³/mol. The number of carbonyl (C=O) groups is 1. The van der Waals surface area contributed by atoms with Gasteiger partial charge in [0.05, 0.1) is 0 Å². The molecule has 1 aromatic carbocycles. The average Bonchev–Trinajstić information content (AvgIpc) is 2.36. The van der Waals surface area contributed by atoms with E-state index in [1.54, 1.807) is 25.1 Å². The van der Waals surface area contributed by atoms with Gasteiger partial charge < -0.3 is 21.5 Å². The number of carbonyl (C=O) groups excluding carboxylic acids is 1. The van der Waals surface area contributed by atoms with E-state index in [0.29, 0.717) is 10.8 Å². The molecule has 0 radical (unpaired) electrons. The van der Waals surface area contributed by atoms with Gasteiger partial charge in [-0.2, -0.15) is 4.99 Å². The van der Waals surface area contributed by atoms with E-state index < -0.39 is 0 Å². The van der Waals surface area contributed by atoms with Crippen molar-refractivity contribution in [3.63, 3.8) is 0 Å². The van der Waals surface area contributed by atoms with E-state index in [1.807, 2.05) is 6.92 Å². The summed E-state index contributed by atoms with van der Waals surface area (Å²) in [7, 11) is 0. The molecule has 0 aromatic heterocycles. The number of amidine groups is 1. The fourth-order valence-corrected chi connectivity index (χ4v) is 1.75. The molecule has 0 saturated heterocycles. The van der Waals surface area contributed by atoms with Crippen LogP contribution in [0.2, 0.25) is 5.02 Å². The van der Waals surface area contributed by atoms with Crippen molar-refractivity contribution < 1.29 is 9.53 Å². The second-order valence-electron chi connectivity index (χ2n) is 4.41. The van der Waals surface area contributed by atoms with E-state index in [1.165, 1.54) is 0 Å². The van der Waals surface area contributed by atoms with Crippen LogP contribution in [0.5, 0.6) is 5.75 Å². The minimum Gasteiger partial charge on any atom is -0.483 e. The molecule has 0 unspecified atom stereocenters. The van der Waals surface area contributed by atoms with Crippen LogP contribution in [-0.2, 0) is 4.79 Å². The number of rotatable bonds is 4. The first-order valence-corrected chi connectivity index (χ1v) is 6.68. The zero-order valence-electron chi connectivity index (χ0n) is 12.4. The Morgan fingerprint density at radius 1 is 1.41 bits per heavy atom. The Labute approximate surface area is 133 Å². The number of ether oxygens (including phenoxy) is 1. The summed E-state index contributed by atoms with van der Waals surface area (Å²) in [6.07, 6.45) is 0. The van der Waals surface area contributed by atoms with E-state index in [-0.39, 0.29) is 30.1 Å². The number of nitrogens with zero attached hydrogens (tertiary/aromatic N) is 2. The molecule has 0 spiro atoms. The lowest BCUT2D eigenvalue weighted by Crippen LogP contribution is -2.34. The number of guanidine groups is 1. The quantitative estimate of drug-likeness (QED) is 0.572. The highest BCUT2D eigenvalue weighted by Crippen LogP contribution is 2.21. The normalized spacial score (nSPS) is 12.0. The van der Waals surface area contributed by atoms with Crippen LogP contribution < -0.4 is 21.5 Å². The van der Waals surface area contributed by atoms with Crippen LogP contribution >= 0.6 is 11.6 Å². The Balaban J connectivity index is 2.56. The SMILES string of the molecule is C=C(N)/N=C(N)\N=C(/C)NC(=O)COc1ccc(Cl)cc1C. The number of amides is 1. The fourth-order valence-electron chi connectivity index (χ4n) is 1.53. The summed E-state index contributed by atoms with van der Waals surface area (Å²) in [5.74, 6) is 0.398. The predicted octanol–water partition coefficient (Wildman–Crippen LogP) is 1.31.